The molecular weight excluding hydrogens is 220 g/mol. The second-order valence-electron chi connectivity index (χ2n) is 5.31. The van der Waals surface area contributed by atoms with E-state index in [9.17, 15) is 4.79 Å². The maximum atomic E-state index is 11.8. The Bertz CT molecular complexity index is 251. The van der Waals surface area contributed by atoms with E-state index in [2.05, 4.69) is 5.32 Å². The quantitative estimate of drug-likeness (QED) is 0.739. The highest BCUT2D eigenvalue weighted by atomic mass is 16.6. The van der Waals surface area contributed by atoms with Gasteiger partial charge in [0.15, 0.2) is 0 Å². The van der Waals surface area contributed by atoms with Crippen LogP contribution in [-0.2, 0) is 9.47 Å². The number of hydrogen-bond acceptors (Lipinski definition) is 4. The van der Waals surface area contributed by atoms with E-state index < -0.39 is 5.60 Å². The van der Waals surface area contributed by atoms with Gasteiger partial charge in [-0.05, 0) is 27.2 Å². The van der Waals surface area contributed by atoms with Gasteiger partial charge in [0.25, 0.3) is 0 Å². The van der Waals surface area contributed by atoms with Gasteiger partial charge < -0.3 is 19.7 Å². The van der Waals surface area contributed by atoms with Crippen molar-refractivity contribution in [3.05, 3.63) is 0 Å². The van der Waals surface area contributed by atoms with Crippen LogP contribution in [-0.4, -0.2) is 56.0 Å². The first-order valence-electron chi connectivity index (χ1n) is 6.13. The van der Waals surface area contributed by atoms with Crippen molar-refractivity contribution < 1.29 is 14.3 Å². The first-order valence-corrected chi connectivity index (χ1v) is 6.13. The Hall–Kier alpha value is -0.810. The Kier molecular flexibility index (Phi) is 5.21. The lowest BCUT2D eigenvalue weighted by atomic mass is 10.0. The van der Waals surface area contributed by atoms with Crippen LogP contribution in [0.4, 0.5) is 4.79 Å². The topological polar surface area (TPSA) is 50.8 Å². The Morgan fingerprint density at radius 3 is 2.65 bits per heavy atom. The SMILES string of the molecule is COCCNCC1CCN1C(=O)OC(C)(C)C. The minimum atomic E-state index is -0.416. The molecule has 0 aromatic carbocycles. The predicted octanol–water partition coefficient (Wildman–Crippen LogP) is 1.23. The molecule has 0 spiro atoms. The number of carbonyl (C=O) groups excluding carboxylic acids is 1. The van der Waals surface area contributed by atoms with E-state index >= 15 is 0 Å². The molecule has 1 aliphatic heterocycles. The fourth-order valence-corrected chi connectivity index (χ4v) is 1.66. The van der Waals surface area contributed by atoms with E-state index in [0.717, 1.165) is 26.1 Å². The van der Waals surface area contributed by atoms with Gasteiger partial charge >= 0.3 is 6.09 Å². The highest BCUT2D eigenvalue weighted by Crippen LogP contribution is 2.20. The van der Waals surface area contributed by atoms with Gasteiger partial charge in [-0.2, -0.15) is 0 Å². The third-order valence-corrected chi connectivity index (χ3v) is 2.63. The van der Waals surface area contributed by atoms with Crippen LogP contribution in [0, 0.1) is 0 Å². The number of carbonyl (C=O) groups is 1. The fraction of sp³-hybridized carbons (Fsp3) is 0.917. The summed E-state index contributed by atoms with van der Waals surface area (Å²) in [6.07, 6.45) is 0.835. The molecule has 0 aliphatic carbocycles. The molecule has 0 bridgehead atoms. The molecule has 0 saturated carbocycles. The van der Waals surface area contributed by atoms with Crippen molar-refractivity contribution >= 4 is 6.09 Å². The summed E-state index contributed by atoms with van der Waals surface area (Å²) >= 11 is 0. The van der Waals surface area contributed by atoms with Crippen molar-refractivity contribution in [2.75, 3.05) is 33.4 Å². The lowest BCUT2D eigenvalue weighted by molar-refractivity contribution is -0.00505. The maximum absolute atomic E-state index is 11.8. The monoisotopic (exact) mass is 244 g/mol. The number of amides is 1. The van der Waals surface area contributed by atoms with Crippen LogP contribution < -0.4 is 5.32 Å². The molecule has 1 N–H and O–H groups in total. The van der Waals surface area contributed by atoms with E-state index in [1.807, 2.05) is 20.8 Å². The summed E-state index contributed by atoms with van der Waals surface area (Å²) in [5, 5.41) is 3.26. The number of methoxy groups -OCH3 is 1. The molecule has 1 fully saturated rings. The molecule has 0 aromatic heterocycles. The molecule has 1 heterocycles. The normalized spacial score (nSPS) is 20.0. The van der Waals surface area contributed by atoms with E-state index in [-0.39, 0.29) is 12.1 Å². The molecular formula is C12H24N2O3. The van der Waals surface area contributed by atoms with E-state index in [1.165, 1.54) is 0 Å². The first kappa shape index (κ1) is 14.3. The summed E-state index contributed by atoms with van der Waals surface area (Å²) in [5.74, 6) is 0. The maximum Gasteiger partial charge on any atom is 0.410 e. The summed E-state index contributed by atoms with van der Waals surface area (Å²) in [5.41, 5.74) is -0.416. The average molecular weight is 244 g/mol. The first-order chi connectivity index (χ1) is 7.94. The molecule has 0 aromatic rings. The molecule has 5 heteroatoms. The molecule has 1 aliphatic rings. The highest BCUT2D eigenvalue weighted by molar-refractivity contribution is 5.69. The van der Waals surface area contributed by atoms with E-state index in [0.29, 0.717) is 6.61 Å². The van der Waals surface area contributed by atoms with Crippen molar-refractivity contribution in [3.63, 3.8) is 0 Å². The molecule has 1 amide bonds. The zero-order valence-corrected chi connectivity index (χ0v) is 11.3. The summed E-state index contributed by atoms with van der Waals surface area (Å²) in [6.45, 7) is 8.77. The number of likely N-dealkylation sites (tertiary alicyclic amines) is 1. The van der Waals surface area contributed by atoms with Crippen molar-refractivity contribution in [3.8, 4) is 0 Å². The molecule has 1 saturated heterocycles. The van der Waals surface area contributed by atoms with E-state index in [1.54, 1.807) is 12.0 Å². The molecule has 17 heavy (non-hydrogen) atoms. The third-order valence-electron chi connectivity index (χ3n) is 2.63. The second kappa shape index (κ2) is 6.21. The fourth-order valence-electron chi connectivity index (χ4n) is 1.66. The summed E-state index contributed by atoms with van der Waals surface area (Å²) in [6, 6.07) is 0.265. The zero-order valence-electron chi connectivity index (χ0n) is 11.3. The molecule has 1 rings (SSSR count). The van der Waals surface area contributed by atoms with Gasteiger partial charge in [0.2, 0.25) is 0 Å². The van der Waals surface area contributed by atoms with Gasteiger partial charge in [-0.1, -0.05) is 0 Å². The smallest absolute Gasteiger partial charge is 0.410 e. The number of nitrogens with zero attached hydrogens (tertiary/aromatic N) is 1. The molecule has 1 atom stereocenters. The standard InChI is InChI=1S/C12H24N2O3/c1-12(2,3)17-11(15)14-7-5-10(14)9-13-6-8-16-4/h10,13H,5-9H2,1-4H3. The predicted molar refractivity (Wildman–Crippen MR) is 66.1 cm³/mol. The summed E-state index contributed by atoms with van der Waals surface area (Å²) in [4.78, 5) is 13.6. The molecule has 0 radical (unpaired) electrons. The number of rotatable bonds is 5. The number of hydrogen-bond donors (Lipinski definition) is 1. The van der Waals surface area contributed by atoms with Crippen molar-refractivity contribution in [1.82, 2.24) is 10.2 Å². The third kappa shape index (κ3) is 4.91. The Morgan fingerprint density at radius 1 is 1.47 bits per heavy atom. The van der Waals surface area contributed by atoms with Crippen LogP contribution in [0.2, 0.25) is 0 Å². The van der Waals surface area contributed by atoms with Crippen molar-refractivity contribution in [1.29, 1.82) is 0 Å². The molecule has 100 valence electrons. The van der Waals surface area contributed by atoms with Gasteiger partial charge in [-0.3, -0.25) is 0 Å². The summed E-state index contributed by atoms with van der Waals surface area (Å²) < 4.78 is 10.3. The largest absolute Gasteiger partial charge is 0.444 e. The average Bonchev–Trinajstić information content (AvgIpc) is 2.12. The van der Waals surface area contributed by atoms with Crippen LogP contribution in [0.1, 0.15) is 27.2 Å². The minimum absolute atomic E-state index is 0.206. The van der Waals surface area contributed by atoms with Gasteiger partial charge in [0.05, 0.1) is 6.61 Å². The summed E-state index contributed by atoms with van der Waals surface area (Å²) in [7, 11) is 1.68. The number of nitrogens with one attached hydrogen (secondary N) is 1. The molecule has 5 nitrogen and oxygen atoms in total. The lowest BCUT2D eigenvalue weighted by Gasteiger charge is -2.41. The van der Waals surface area contributed by atoms with Crippen LogP contribution >= 0.6 is 0 Å². The second-order valence-corrected chi connectivity index (χ2v) is 5.31. The van der Waals surface area contributed by atoms with Gasteiger partial charge in [0, 0.05) is 32.8 Å². The lowest BCUT2D eigenvalue weighted by Crippen LogP contribution is -2.56. The Labute approximate surface area is 103 Å². The van der Waals surface area contributed by atoms with Gasteiger partial charge in [-0.25, -0.2) is 4.79 Å². The van der Waals surface area contributed by atoms with Crippen molar-refractivity contribution in [2.45, 2.75) is 38.8 Å². The van der Waals surface area contributed by atoms with Gasteiger partial charge in [-0.15, -0.1) is 0 Å². The Balaban J connectivity index is 2.23. The highest BCUT2D eigenvalue weighted by Gasteiger charge is 2.34. The minimum Gasteiger partial charge on any atom is -0.444 e. The van der Waals surface area contributed by atoms with Crippen molar-refractivity contribution in [2.24, 2.45) is 0 Å². The molecule has 1 unspecified atom stereocenters. The van der Waals surface area contributed by atoms with Crippen LogP contribution in [0.15, 0.2) is 0 Å². The number of ether oxygens (including phenoxy) is 2. The zero-order chi connectivity index (χ0) is 12.9. The van der Waals surface area contributed by atoms with Crippen LogP contribution in [0.3, 0.4) is 0 Å². The van der Waals surface area contributed by atoms with Crippen LogP contribution in [0.5, 0.6) is 0 Å². The van der Waals surface area contributed by atoms with Crippen LogP contribution in [0.25, 0.3) is 0 Å². The Morgan fingerprint density at radius 2 is 2.18 bits per heavy atom. The van der Waals surface area contributed by atoms with E-state index in [4.69, 9.17) is 9.47 Å². The van der Waals surface area contributed by atoms with Gasteiger partial charge in [0.1, 0.15) is 5.60 Å².